The van der Waals surface area contributed by atoms with E-state index in [4.69, 9.17) is 21.7 Å². The van der Waals surface area contributed by atoms with Crippen LogP contribution in [-0.4, -0.2) is 32.5 Å². The van der Waals surface area contributed by atoms with Crippen molar-refractivity contribution in [2.24, 2.45) is 0 Å². The maximum absolute atomic E-state index is 12.2. The first-order chi connectivity index (χ1) is 12.0. The Morgan fingerprint density at radius 1 is 1.32 bits per heavy atom. The minimum atomic E-state index is -0.399. The number of benzene rings is 2. The Balaban J connectivity index is 2.08. The number of alkyl halides is 1. The Bertz CT molecular complexity index is 729. The highest BCUT2D eigenvalue weighted by molar-refractivity contribution is 7.98. The number of thioether (sulfide) groups is 1. The van der Waals surface area contributed by atoms with Gasteiger partial charge < -0.3 is 15.0 Å². The predicted molar refractivity (Wildman–Crippen MR) is 106 cm³/mol. The number of guanidine groups is 1. The van der Waals surface area contributed by atoms with E-state index in [-0.39, 0.29) is 5.96 Å². The molecule has 0 fully saturated rings. The lowest BCUT2D eigenvalue weighted by atomic mass is 10.3. The summed E-state index contributed by atoms with van der Waals surface area (Å²) in [6, 6.07) is 13.0. The van der Waals surface area contributed by atoms with Gasteiger partial charge in [-0.05, 0) is 36.6 Å². The highest BCUT2D eigenvalue weighted by Crippen LogP contribution is 2.28. The lowest BCUT2D eigenvalue weighted by Gasteiger charge is -2.22. The van der Waals surface area contributed by atoms with Crippen molar-refractivity contribution < 1.29 is 9.13 Å². The maximum atomic E-state index is 12.2. The molecule has 25 heavy (non-hydrogen) atoms. The first-order valence-electron chi connectivity index (χ1n) is 7.77. The number of ether oxygens (including phenoxy) is 1. The van der Waals surface area contributed by atoms with Gasteiger partial charge in [-0.2, -0.15) is 0 Å². The minimum absolute atomic E-state index is 0.182. The lowest BCUT2D eigenvalue weighted by molar-refractivity contribution is 0.290. The van der Waals surface area contributed by atoms with E-state index in [1.807, 2.05) is 48.7 Å². The van der Waals surface area contributed by atoms with E-state index < -0.39 is 6.67 Å². The van der Waals surface area contributed by atoms with E-state index in [2.05, 4.69) is 5.32 Å². The Kier molecular flexibility index (Phi) is 7.40. The Morgan fingerprint density at radius 2 is 2.12 bits per heavy atom. The van der Waals surface area contributed by atoms with E-state index >= 15 is 0 Å². The molecule has 2 N–H and O–H groups in total. The minimum Gasteiger partial charge on any atom is -0.493 e. The van der Waals surface area contributed by atoms with E-state index in [0.29, 0.717) is 29.5 Å². The van der Waals surface area contributed by atoms with Gasteiger partial charge in [0.2, 0.25) is 0 Å². The molecule has 0 unspecified atom stereocenters. The molecule has 0 amide bonds. The molecule has 0 saturated carbocycles. The summed E-state index contributed by atoms with van der Waals surface area (Å²) in [5.41, 5.74) is 1.47. The molecule has 0 radical (unpaired) electrons. The van der Waals surface area contributed by atoms with Crippen molar-refractivity contribution in [3.63, 3.8) is 0 Å². The largest absolute Gasteiger partial charge is 0.493 e. The molecule has 0 aromatic heterocycles. The summed E-state index contributed by atoms with van der Waals surface area (Å²) in [7, 11) is 1.78. The molecule has 2 aromatic rings. The van der Waals surface area contributed by atoms with Gasteiger partial charge in [0.25, 0.3) is 0 Å². The van der Waals surface area contributed by atoms with E-state index in [9.17, 15) is 4.39 Å². The summed E-state index contributed by atoms with van der Waals surface area (Å²) in [6.07, 6.45) is 2.35. The molecular formula is C18H21ClFN3OS. The zero-order valence-electron chi connectivity index (χ0n) is 14.2. The quantitative estimate of drug-likeness (QED) is 0.296. The van der Waals surface area contributed by atoms with E-state index in [1.165, 1.54) is 0 Å². The zero-order chi connectivity index (χ0) is 18.2. The lowest BCUT2D eigenvalue weighted by Crippen LogP contribution is -2.32. The fraction of sp³-hybridized carbons (Fsp3) is 0.278. The number of hydrogen-bond donors (Lipinski definition) is 2. The van der Waals surface area contributed by atoms with Crippen LogP contribution in [0.2, 0.25) is 5.02 Å². The van der Waals surface area contributed by atoms with Crippen LogP contribution < -0.4 is 15.0 Å². The number of anilines is 2. The second kappa shape index (κ2) is 9.53. The van der Waals surface area contributed by atoms with Crippen LogP contribution in [0, 0.1) is 5.41 Å². The SMILES string of the molecule is CSc1ccc(Cl)c(NC(=N)N(C)c2cccc(OCCCF)c2)c1. The van der Waals surface area contributed by atoms with Crippen molar-refractivity contribution in [3.05, 3.63) is 47.5 Å². The molecule has 134 valence electrons. The number of halogens is 2. The maximum Gasteiger partial charge on any atom is 0.199 e. The molecule has 0 aliphatic carbocycles. The predicted octanol–water partition coefficient (Wildman–Crippen LogP) is 5.28. The third kappa shape index (κ3) is 5.54. The Labute approximate surface area is 156 Å². The van der Waals surface area contributed by atoms with Gasteiger partial charge in [-0.15, -0.1) is 11.8 Å². The van der Waals surface area contributed by atoms with Crippen LogP contribution in [0.15, 0.2) is 47.4 Å². The normalized spacial score (nSPS) is 10.4. The topological polar surface area (TPSA) is 48.4 Å². The molecule has 0 atom stereocenters. The molecule has 7 heteroatoms. The second-order valence-corrected chi connectivity index (χ2v) is 6.55. The van der Waals surface area contributed by atoms with Crippen LogP contribution in [0.5, 0.6) is 5.75 Å². The van der Waals surface area contributed by atoms with Crippen molar-refractivity contribution in [2.45, 2.75) is 11.3 Å². The van der Waals surface area contributed by atoms with Gasteiger partial charge in [0.1, 0.15) is 5.75 Å². The average molecular weight is 382 g/mol. The molecular weight excluding hydrogens is 361 g/mol. The highest BCUT2D eigenvalue weighted by atomic mass is 35.5. The van der Waals surface area contributed by atoms with Gasteiger partial charge in [0.15, 0.2) is 5.96 Å². The number of hydrogen-bond acceptors (Lipinski definition) is 3. The highest BCUT2D eigenvalue weighted by Gasteiger charge is 2.11. The zero-order valence-corrected chi connectivity index (χ0v) is 15.8. The third-order valence-corrected chi connectivity index (χ3v) is 4.57. The van der Waals surface area contributed by atoms with Gasteiger partial charge in [-0.3, -0.25) is 9.80 Å². The molecule has 4 nitrogen and oxygen atoms in total. The molecule has 2 rings (SSSR count). The van der Waals surface area contributed by atoms with Gasteiger partial charge in [-0.25, -0.2) is 0 Å². The molecule has 0 bridgehead atoms. The van der Waals surface area contributed by atoms with Gasteiger partial charge in [0.05, 0.1) is 24.0 Å². The summed E-state index contributed by atoms with van der Waals surface area (Å²) in [4.78, 5) is 2.75. The van der Waals surface area contributed by atoms with Crippen LogP contribution in [0.3, 0.4) is 0 Å². The van der Waals surface area contributed by atoms with Crippen molar-refractivity contribution in [1.82, 2.24) is 0 Å². The molecule has 0 spiro atoms. The number of nitrogens with zero attached hydrogens (tertiary/aromatic N) is 1. The van der Waals surface area contributed by atoms with Crippen molar-refractivity contribution in [2.75, 3.05) is 36.8 Å². The fourth-order valence-corrected chi connectivity index (χ4v) is 2.70. The standard InChI is InChI=1S/C18H21ClFN3OS/c1-23(13-5-3-6-14(11-13)24-10-4-9-20)18(21)22-17-12-15(25-2)7-8-16(17)19/h3,5-8,11-12H,4,9-10H2,1-2H3,(H2,21,22). The van der Waals surface area contributed by atoms with Gasteiger partial charge in [-0.1, -0.05) is 17.7 Å². The first kappa shape index (κ1) is 19.4. The van der Waals surface area contributed by atoms with Crippen LogP contribution in [0.1, 0.15) is 6.42 Å². The first-order valence-corrected chi connectivity index (χ1v) is 9.37. The summed E-state index contributed by atoms with van der Waals surface area (Å²) >= 11 is 7.82. The third-order valence-electron chi connectivity index (χ3n) is 3.51. The Hall–Kier alpha value is -1.92. The smallest absolute Gasteiger partial charge is 0.199 e. The van der Waals surface area contributed by atoms with Crippen molar-refractivity contribution >= 4 is 40.7 Å². The van der Waals surface area contributed by atoms with Crippen LogP contribution in [-0.2, 0) is 0 Å². The van der Waals surface area contributed by atoms with E-state index in [1.54, 1.807) is 23.7 Å². The van der Waals surface area contributed by atoms with Crippen molar-refractivity contribution in [1.29, 1.82) is 5.41 Å². The molecule has 0 aliphatic rings. The number of nitrogens with one attached hydrogen (secondary N) is 2. The van der Waals surface area contributed by atoms with Crippen LogP contribution in [0.4, 0.5) is 15.8 Å². The molecule has 2 aromatic carbocycles. The summed E-state index contributed by atoms with van der Waals surface area (Å²) in [6.45, 7) is -0.0690. The molecule has 0 aliphatic heterocycles. The van der Waals surface area contributed by atoms with E-state index in [0.717, 1.165) is 10.6 Å². The van der Waals surface area contributed by atoms with Crippen molar-refractivity contribution in [3.8, 4) is 5.75 Å². The summed E-state index contributed by atoms with van der Waals surface area (Å²) in [5.74, 6) is 0.828. The van der Waals surface area contributed by atoms with Crippen LogP contribution in [0.25, 0.3) is 0 Å². The summed E-state index contributed by atoms with van der Waals surface area (Å²) < 4.78 is 17.7. The average Bonchev–Trinajstić information content (AvgIpc) is 2.63. The van der Waals surface area contributed by atoms with Crippen LogP contribution >= 0.6 is 23.4 Å². The monoisotopic (exact) mass is 381 g/mol. The Morgan fingerprint density at radius 3 is 2.84 bits per heavy atom. The van der Waals surface area contributed by atoms with Gasteiger partial charge in [0, 0.05) is 30.1 Å². The molecule has 0 saturated heterocycles. The second-order valence-electron chi connectivity index (χ2n) is 5.27. The summed E-state index contributed by atoms with van der Waals surface area (Å²) in [5, 5.41) is 11.9. The number of rotatable bonds is 7. The van der Waals surface area contributed by atoms with Gasteiger partial charge >= 0.3 is 0 Å². The molecule has 0 heterocycles. The fourth-order valence-electron chi connectivity index (χ4n) is 2.09.